The molecule has 126 valence electrons. The van der Waals surface area contributed by atoms with Crippen LogP contribution in [0.1, 0.15) is 23.1 Å². The number of carbonyl (C=O) groups is 2. The summed E-state index contributed by atoms with van der Waals surface area (Å²) in [6.45, 7) is 3.95. The molecule has 5 nitrogen and oxygen atoms in total. The first kappa shape index (κ1) is 16.7. The molecule has 0 aliphatic heterocycles. The SMILES string of the molecule is Cc1cccc(NC(=O)C2CC2C(=O)Nc2ccccc2C#N)c1C. The molecule has 2 amide bonds. The van der Waals surface area contributed by atoms with Gasteiger partial charge in [0.15, 0.2) is 0 Å². The van der Waals surface area contributed by atoms with Crippen LogP contribution in [-0.4, -0.2) is 11.8 Å². The minimum absolute atomic E-state index is 0.137. The monoisotopic (exact) mass is 333 g/mol. The van der Waals surface area contributed by atoms with Crippen molar-refractivity contribution in [3.63, 3.8) is 0 Å². The number of nitriles is 1. The van der Waals surface area contributed by atoms with Gasteiger partial charge in [0, 0.05) is 5.69 Å². The van der Waals surface area contributed by atoms with Crippen LogP contribution in [0.15, 0.2) is 42.5 Å². The number of anilines is 2. The van der Waals surface area contributed by atoms with Crippen LogP contribution in [0.25, 0.3) is 0 Å². The lowest BCUT2D eigenvalue weighted by Gasteiger charge is -2.10. The van der Waals surface area contributed by atoms with Gasteiger partial charge < -0.3 is 10.6 Å². The fraction of sp³-hybridized carbons (Fsp3) is 0.250. The Morgan fingerprint density at radius 2 is 1.56 bits per heavy atom. The Balaban J connectivity index is 1.62. The molecule has 5 heteroatoms. The molecular formula is C20H19N3O2. The third kappa shape index (κ3) is 3.53. The van der Waals surface area contributed by atoms with Crippen LogP contribution in [0.4, 0.5) is 11.4 Å². The first-order chi connectivity index (χ1) is 12.0. The van der Waals surface area contributed by atoms with Crippen molar-refractivity contribution in [3.8, 4) is 6.07 Å². The molecule has 2 atom stereocenters. The number of hydrogen-bond acceptors (Lipinski definition) is 3. The molecule has 25 heavy (non-hydrogen) atoms. The number of nitrogens with zero attached hydrogens (tertiary/aromatic N) is 1. The van der Waals surface area contributed by atoms with Gasteiger partial charge in [-0.2, -0.15) is 5.26 Å². The lowest BCUT2D eigenvalue weighted by Crippen LogP contribution is -2.21. The van der Waals surface area contributed by atoms with Gasteiger partial charge >= 0.3 is 0 Å². The van der Waals surface area contributed by atoms with Crippen LogP contribution in [-0.2, 0) is 9.59 Å². The molecule has 3 rings (SSSR count). The van der Waals surface area contributed by atoms with Crippen LogP contribution < -0.4 is 10.6 Å². The van der Waals surface area contributed by atoms with Gasteiger partial charge in [-0.25, -0.2) is 0 Å². The van der Waals surface area contributed by atoms with Crippen LogP contribution in [0.3, 0.4) is 0 Å². The van der Waals surface area contributed by atoms with Gasteiger partial charge in [0.1, 0.15) is 6.07 Å². The highest BCUT2D eigenvalue weighted by Gasteiger charge is 2.48. The molecule has 1 fully saturated rings. The van der Waals surface area contributed by atoms with Gasteiger partial charge in [-0.15, -0.1) is 0 Å². The Kier molecular flexibility index (Phi) is 4.53. The van der Waals surface area contributed by atoms with Crippen LogP contribution in [0.2, 0.25) is 0 Å². The van der Waals surface area contributed by atoms with Gasteiger partial charge in [0.25, 0.3) is 0 Å². The third-order valence-corrected chi connectivity index (χ3v) is 4.63. The van der Waals surface area contributed by atoms with E-state index in [0.29, 0.717) is 17.7 Å². The zero-order valence-corrected chi connectivity index (χ0v) is 14.2. The molecule has 0 aromatic heterocycles. The van der Waals surface area contributed by atoms with E-state index >= 15 is 0 Å². The van der Waals surface area contributed by atoms with Crippen molar-refractivity contribution in [2.45, 2.75) is 20.3 Å². The number of hydrogen-bond donors (Lipinski definition) is 2. The molecular weight excluding hydrogens is 314 g/mol. The second-order valence-electron chi connectivity index (χ2n) is 6.33. The second kappa shape index (κ2) is 6.78. The predicted molar refractivity (Wildman–Crippen MR) is 95.9 cm³/mol. The first-order valence-electron chi connectivity index (χ1n) is 8.18. The Bertz CT molecular complexity index is 883. The van der Waals surface area contributed by atoms with E-state index < -0.39 is 0 Å². The number of benzene rings is 2. The summed E-state index contributed by atoms with van der Waals surface area (Å²) in [5, 5.41) is 14.7. The maximum atomic E-state index is 12.4. The smallest absolute Gasteiger partial charge is 0.228 e. The van der Waals surface area contributed by atoms with Crippen molar-refractivity contribution in [3.05, 3.63) is 59.2 Å². The Labute approximate surface area is 146 Å². The van der Waals surface area contributed by atoms with E-state index in [2.05, 4.69) is 10.6 Å². The average molecular weight is 333 g/mol. The molecule has 0 bridgehead atoms. The Morgan fingerprint density at radius 1 is 0.960 bits per heavy atom. The average Bonchev–Trinajstić information content (AvgIpc) is 3.40. The molecule has 1 aliphatic rings. The van der Waals surface area contributed by atoms with E-state index in [0.717, 1.165) is 16.8 Å². The summed E-state index contributed by atoms with van der Waals surface area (Å²) >= 11 is 0. The number of carbonyl (C=O) groups excluding carboxylic acids is 2. The van der Waals surface area contributed by atoms with Gasteiger partial charge in [-0.1, -0.05) is 24.3 Å². The second-order valence-corrected chi connectivity index (χ2v) is 6.33. The van der Waals surface area contributed by atoms with E-state index in [1.807, 2.05) is 38.1 Å². The van der Waals surface area contributed by atoms with Crippen LogP contribution in [0, 0.1) is 37.0 Å². The van der Waals surface area contributed by atoms with Crippen molar-refractivity contribution in [1.82, 2.24) is 0 Å². The van der Waals surface area contributed by atoms with Crippen molar-refractivity contribution in [2.24, 2.45) is 11.8 Å². The standard InChI is InChI=1S/C20H19N3O2/c1-12-6-5-9-17(13(12)2)22-19(24)15-10-16(15)20(25)23-18-8-4-3-7-14(18)11-21/h3-9,15-16H,10H2,1-2H3,(H,22,24)(H,23,25). The molecule has 1 saturated carbocycles. The van der Waals surface area contributed by atoms with Gasteiger partial charge in [-0.3, -0.25) is 9.59 Å². The summed E-state index contributed by atoms with van der Waals surface area (Å²) in [4.78, 5) is 24.7. The highest BCUT2D eigenvalue weighted by atomic mass is 16.2. The molecule has 0 spiro atoms. The largest absolute Gasteiger partial charge is 0.326 e. The summed E-state index contributed by atoms with van der Waals surface area (Å²) in [5.41, 5.74) is 3.81. The lowest BCUT2D eigenvalue weighted by molar-refractivity contribution is -0.122. The van der Waals surface area contributed by atoms with Crippen molar-refractivity contribution >= 4 is 23.2 Å². The van der Waals surface area contributed by atoms with Crippen molar-refractivity contribution < 1.29 is 9.59 Å². The van der Waals surface area contributed by atoms with E-state index in [1.54, 1.807) is 24.3 Å². The minimum atomic E-state index is -0.350. The minimum Gasteiger partial charge on any atom is -0.326 e. The number of nitrogens with one attached hydrogen (secondary N) is 2. The van der Waals surface area contributed by atoms with E-state index in [-0.39, 0.29) is 23.7 Å². The Morgan fingerprint density at radius 3 is 2.24 bits per heavy atom. The Hall–Kier alpha value is -3.13. The number of rotatable bonds is 4. The summed E-state index contributed by atoms with van der Waals surface area (Å²) in [7, 11) is 0. The zero-order valence-electron chi connectivity index (χ0n) is 14.2. The predicted octanol–water partition coefficient (Wildman–Crippen LogP) is 3.39. The summed E-state index contributed by atoms with van der Waals surface area (Å²) < 4.78 is 0. The fourth-order valence-electron chi connectivity index (χ4n) is 2.80. The lowest BCUT2D eigenvalue weighted by atomic mass is 10.1. The molecule has 2 aromatic carbocycles. The van der Waals surface area contributed by atoms with Crippen LogP contribution in [0.5, 0.6) is 0 Å². The van der Waals surface area contributed by atoms with E-state index in [1.165, 1.54) is 0 Å². The first-order valence-corrected chi connectivity index (χ1v) is 8.18. The topological polar surface area (TPSA) is 82.0 Å². The third-order valence-electron chi connectivity index (χ3n) is 4.63. The number of aryl methyl sites for hydroxylation is 1. The van der Waals surface area contributed by atoms with Gasteiger partial charge in [0.05, 0.1) is 23.1 Å². The molecule has 2 unspecified atom stereocenters. The van der Waals surface area contributed by atoms with Gasteiger partial charge in [0.2, 0.25) is 11.8 Å². The molecule has 2 N–H and O–H groups in total. The summed E-state index contributed by atoms with van der Waals surface area (Å²) in [5.74, 6) is -1.03. The van der Waals surface area contributed by atoms with E-state index in [9.17, 15) is 9.59 Å². The fourth-order valence-corrected chi connectivity index (χ4v) is 2.80. The molecule has 0 saturated heterocycles. The number of para-hydroxylation sites is 1. The van der Waals surface area contributed by atoms with Crippen molar-refractivity contribution in [1.29, 1.82) is 5.26 Å². The highest BCUT2D eigenvalue weighted by molar-refractivity contribution is 6.03. The van der Waals surface area contributed by atoms with Crippen LogP contribution >= 0.6 is 0 Å². The molecule has 0 heterocycles. The quantitative estimate of drug-likeness (QED) is 0.900. The van der Waals surface area contributed by atoms with Gasteiger partial charge in [-0.05, 0) is 49.6 Å². The molecule has 1 aliphatic carbocycles. The maximum absolute atomic E-state index is 12.4. The normalized spacial score (nSPS) is 18.1. The molecule has 2 aromatic rings. The summed E-state index contributed by atoms with van der Waals surface area (Å²) in [6, 6.07) is 14.6. The zero-order chi connectivity index (χ0) is 18.0. The van der Waals surface area contributed by atoms with E-state index in [4.69, 9.17) is 5.26 Å². The maximum Gasteiger partial charge on any atom is 0.228 e. The van der Waals surface area contributed by atoms with Crippen molar-refractivity contribution in [2.75, 3.05) is 10.6 Å². The molecule has 0 radical (unpaired) electrons. The number of amides is 2. The summed E-state index contributed by atoms with van der Waals surface area (Å²) in [6.07, 6.45) is 0.525. The highest BCUT2D eigenvalue weighted by Crippen LogP contribution is 2.40.